The number of hydrogen-bond donors (Lipinski definition) is 1. The zero-order valence-electron chi connectivity index (χ0n) is 31.7. The predicted molar refractivity (Wildman–Crippen MR) is 194 cm³/mol. The minimum atomic E-state index is -2.01. The molecule has 0 amide bonds. The van der Waals surface area contributed by atoms with Crippen LogP contribution in [0.2, 0.25) is 36.3 Å². The maximum absolute atomic E-state index is 11.3. The second-order valence-electron chi connectivity index (χ2n) is 19.7. The average Bonchev–Trinajstić information content (AvgIpc) is 3.23. The summed E-state index contributed by atoms with van der Waals surface area (Å²) in [6, 6.07) is 0. The maximum atomic E-state index is 11.3. The Labute approximate surface area is 275 Å². The van der Waals surface area contributed by atoms with Gasteiger partial charge in [0, 0.05) is 5.41 Å². The van der Waals surface area contributed by atoms with Crippen molar-refractivity contribution in [1.29, 1.82) is 0 Å². The maximum Gasteiger partial charge on any atom is 0.192 e. The first kappa shape index (κ1) is 36.6. The lowest BCUT2D eigenvalue weighted by Crippen LogP contribution is -2.58. The molecule has 3 nitrogen and oxygen atoms in total. The first-order valence-corrected chi connectivity index (χ1v) is 24.2. The van der Waals surface area contributed by atoms with E-state index in [2.05, 4.69) is 115 Å². The van der Waals surface area contributed by atoms with E-state index in [0.29, 0.717) is 29.6 Å². The van der Waals surface area contributed by atoms with Crippen molar-refractivity contribution in [3.05, 3.63) is 23.3 Å². The number of hydrogen-bond acceptors (Lipinski definition) is 3. The lowest BCUT2D eigenvalue weighted by molar-refractivity contribution is -0.0494. The fraction of sp³-hybridized carbons (Fsp3) is 0.897. The van der Waals surface area contributed by atoms with Crippen molar-refractivity contribution in [3.8, 4) is 0 Å². The Morgan fingerprint density at radius 2 is 1.43 bits per heavy atom. The molecule has 4 aliphatic rings. The SMILES string of the molecule is CC(C)CCC(O)[C@@H](C)[C@H]1CC[C@H]2C3=CC=C4C[C@@H](O[Si](C)(C)C(C)(C)C)C[C@H](O[Si](C)(C)C(C)(C)C)[C@]4(C)[C@H]3CC[C@]12C. The normalized spacial score (nSPS) is 36.2. The molecule has 0 saturated heterocycles. The lowest BCUT2D eigenvalue weighted by atomic mass is 9.49. The van der Waals surface area contributed by atoms with Gasteiger partial charge in [-0.25, -0.2) is 0 Å². The van der Waals surface area contributed by atoms with Gasteiger partial charge in [-0.05, 0) is 123 Å². The van der Waals surface area contributed by atoms with Crippen molar-refractivity contribution in [2.45, 2.75) is 182 Å². The van der Waals surface area contributed by atoms with Crippen LogP contribution in [0.4, 0.5) is 0 Å². The van der Waals surface area contributed by atoms with Gasteiger partial charge in [0.1, 0.15) is 0 Å². The Balaban J connectivity index is 1.68. The first-order valence-electron chi connectivity index (χ1n) is 18.4. The van der Waals surface area contributed by atoms with Crippen LogP contribution in [0.1, 0.15) is 128 Å². The summed E-state index contributed by atoms with van der Waals surface area (Å²) in [7, 11) is -3.92. The van der Waals surface area contributed by atoms with Crippen molar-refractivity contribution in [3.63, 3.8) is 0 Å². The number of aliphatic hydroxyl groups excluding tert-OH is 1. The summed E-state index contributed by atoms with van der Waals surface area (Å²) in [5.74, 6) is 2.78. The molecule has 0 spiro atoms. The molecular formula is C39H72O3Si2. The molecule has 3 saturated carbocycles. The zero-order chi connectivity index (χ0) is 33.3. The highest BCUT2D eigenvalue weighted by molar-refractivity contribution is 6.74. The topological polar surface area (TPSA) is 38.7 Å². The first-order chi connectivity index (χ1) is 20.0. The molecule has 44 heavy (non-hydrogen) atoms. The lowest BCUT2D eigenvalue weighted by Gasteiger charge is -2.59. The van der Waals surface area contributed by atoms with Crippen LogP contribution in [0, 0.1) is 40.4 Å². The van der Waals surface area contributed by atoms with Crippen LogP contribution in [0.15, 0.2) is 23.3 Å². The van der Waals surface area contributed by atoms with E-state index in [4.69, 9.17) is 8.85 Å². The Hall–Kier alpha value is -0.206. The van der Waals surface area contributed by atoms with Crippen molar-refractivity contribution in [2.75, 3.05) is 0 Å². The van der Waals surface area contributed by atoms with Gasteiger partial charge in [0.25, 0.3) is 0 Å². The Kier molecular flexibility index (Phi) is 10.3. The number of aliphatic hydroxyl groups is 1. The van der Waals surface area contributed by atoms with Crippen LogP contribution in [0.5, 0.6) is 0 Å². The van der Waals surface area contributed by atoms with Crippen LogP contribution in [0.25, 0.3) is 0 Å². The summed E-state index contributed by atoms with van der Waals surface area (Å²) < 4.78 is 14.7. The van der Waals surface area contributed by atoms with Crippen molar-refractivity contribution in [2.24, 2.45) is 40.4 Å². The standard InChI is InChI=1S/C39H72O3Si2/c1-26(2)16-21-34(40)27(3)31-19-20-32-30-18-17-28-24-29(41-43(12,13)36(4,5)6)25-35(42-44(14,15)37(7,8)9)39(28,11)33(30)22-23-38(31,32)10/h17-18,26-27,29,31-35,40H,16,19-25H2,1-15H3/t27-,29+,31+,32-,33-,34?,35-,38+,39-/m0/s1. The Morgan fingerprint density at radius 3 is 2.00 bits per heavy atom. The second kappa shape index (κ2) is 12.4. The van der Waals surface area contributed by atoms with Crippen molar-refractivity contribution in [1.82, 2.24) is 0 Å². The fourth-order valence-electron chi connectivity index (χ4n) is 9.33. The third kappa shape index (κ3) is 6.58. The third-order valence-corrected chi connectivity index (χ3v) is 23.5. The molecule has 254 valence electrons. The van der Waals surface area contributed by atoms with Crippen LogP contribution in [-0.2, 0) is 8.85 Å². The van der Waals surface area contributed by atoms with Gasteiger partial charge < -0.3 is 14.0 Å². The van der Waals surface area contributed by atoms with Crippen LogP contribution < -0.4 is 0 Å². The molecule has 0 bridgehead atoms. The van der Waals surface area contributed by atoms with E-state index in [9.17, 15) is 5.11 Å². The minimum absolute atomic E-state index is 0.0225. The molecule has 5 heteroatoms. The quantitative estimate of drug-likeness (QED) is 0.254. The summed E-state index contributed by atoms with van der Waals surface area (Å²) in [6.07, 6.45) is 14.5. The number of fused-ring (bicyclic) bond motifs is 5. The van der Waals surface area contributed by atoms with E-state index in [1.807, 2.05) is 0 Å². The summed E-state index contributed by atoms with van der Waals surface area (Å²) in [5.41, 5.74) is 3.60. The molecule has 0 radical (unpaired) electrons. The van der Waals surface area contributed by atoms with Crippen molar-refractivity contribution < 1.29 is 14.0 Å². The molecule has 0 aromatic rings. The molecule has 3 fully saturated rings. The summed E-state index contributed by atoms with van der Waals surface area (Å²) >= 11 is 0. The smallest absolute Gasteiger partial charge is 0.192 e. The predicted octanol–water partition coefficient (Wildman–Crippen LogP) is 11.3. The van der Waals surface area contributed by atoms with E-state index in [1.165, 1.54) is 25.7 Å². The van der Waals surface area contributed by atoms with Gasteiger partial charge in [-0.1, -0.05) is 99.5 Å². The molecule has 1 unspecified atom stereocenters. The van der Waals surface area contributed by atoms with Gasteiger partial charge in [-0.2, -0.15) is 0 Å². The molecule has 0 heterocycles. The van der Waals surface area contributed by atoms with E-state index in [0.717, 1.165) is 25.7 Å². The molecule has 9 atom stereocenters. The highest BCUT2D eigenvalue weighted by Crippen LogP contribution is 2.67. The molecule has 1 N–H and O–H groups in total. The Morgan fingerprint density at radius 1 is 0.841 bits per heavy atom. The van der Waals surface area contributed by atoms with E-state index in [1.54, 1.807) is 11.1 Å². The molecule has 0 aliphatic heterocycles. The van der Waals surface area contributed by atoms with Gasteiger partial charge in [-0.3, -0.25) is 0 Å². The third-order valence-electron chi connectivity index (χ3n) is 14.5. The van der Waals surface area contributed by atoms with Crippen LogP contribution in [-0.4, -0.2) is 40.1 Å². The van der Waals surface area contributed by atoms with Crippen molar-refractivity contribution >= 4 is 16.6 Å². The molecule has 4 rings (SSSR count). The van der Waals surface area contributed by atoms with Gasteiger partial charge in [0.05, 0.1) is 18.3 Å². The number of allylic oxidation sites excluding steroid dienone is 3. The van der Waals surface area contributed by atoms with Gasteiger partial charge >= 0.3 is 0 Å². The van der Waals surface area contributed by atoms with Gasteiger partial charge in [-0.15, -0.1) is 0 Å². The van der Waals surface area contributed by atoms with E-state index < -0.39 is 16.6 Å². The summed E-state index contributed by atoms with van der Waals surface area (Å²) in [4.78, 5) is 0. The number of rotatable bonds is 9. The second-order valence-corrected chi connectivity index (χ2v) is 29.2. The highest BCUT2D eigenvalue weighted by atomic mass is 28.4. The van der Waals surface area contributed by atoms with Gasteiger partial charge in [0.2, 0.25) is 0 Å². The Bertz CT molecular complexity index is 1090. The van der Waals surface area contributed by atoms with Crippen LogP contribution >= 0.6 is 0 Å². The average molecular weight is 645 g/mol. The molecule has 0 aromatic carbocycles. The van der Waals surface area contributed by atoms with E-state index in [-0.39, 0.29) is 39.2 Å². The zero-order valence-corrected chi connectivity index (χ0v) is 33.7. The summed E-state index contributed by atoms with van der Waals surface area (Å²) in [5, 5.41) is 11.6. The largest absolute Gasteiger partial charge is 0.414 e. The highest BCUT2D eigenvalue weighted by Gasteiger charge is 2.61. The monoisotopic (exact) mass is 645 g/mol. The van der Waals surface area contributed by atoms with E-state index >= 15 is 0 Å². The molecular weight excluding hydrogens is 573 g/mol. The van der Waals surface area contributed by atoms with Gasteiger partial charge in [0.15, 0.2) is 16.6 Å². The molecule has 0 aromatic heterocycles. The van der Waals surface area contributed by atoms with Crippen LogP contribution in [0.3, 0.4) is 0 Å². The summed E-state index contributed by atoms with van der Waals surface area (Å²) in [6.45, 7) is 36.1. The molecule has 4 aliphatic carbocycles. The minimum Gasteiger partial charge on any atom is -0.414 e. The fourth-order valence-corrected chi connectivity index (χ4v) is 12.1.